The lowest BCUT2D eigenvalue weighted by Gasteiger charge is -2.32. The number of likely N-dealkylation sites (tertiary alicyclic amines) is 1. The highest BCUT2D eigenvalue weighted by Crippen LogP contribution is 2.27. The van der Waals surface area contributed by atoms with Crippen LogP contribution in [0, 0.1) is 13.5 Å². The number of ether oxygens (including phenoxy) is 1. The lowest BCUT2D eigenvalue weighted by molar-refractivity contribution is -0.394. The van der Waals surface area contributed by atoms with Crippen molar-refractivity contribution in [3.63, 3.8) is 0 Å². The van der Waals surface area contributed by atoms with Crippen molar-refractivity contribution in [3.8, 4) is 12.3 Å². The molecule has 2 N–H and O–H groups in total. The Kier molecular flexibility index (Phi) is 7.53. The summed E-state index contributed by atoms with van der Waals surface area (Å²) in [7, 11) is 1.61. The number of nitrogens with zero attached hydrogens (tertiary/aromatic N) is 5. The molecule has 0 radical (unpaired) electrons. The molecule has 0 bridgehead atoms. The average molecular weight is 494 g/mol. The van der Waals surface area contributed by atoms with Crippen LogP contribution in [0.15, 0.2) is 35.1 Å². The first-order valence-corrected chi connectivity index (χ1v) is 11.7. The van der Waals surface area contributed by atoms with Crippen molar-refractivity contribution in [1.29, 1.82) is 0 Å². The Balaban J connectivity index is 1.40. The van der Waals surface area contributed by atoms with E-state index in [2.05, 4.69) is 27.0 Å². The number of nitrogens with one attached hydrogen (secondary N) is 2. The largest absolute Gasteiger partial charge is 0.492 e. The molecule has 4 amide bonds. The molecule has 0 spiro atoms. The number of benzene rings is 1. The molecule has 36 heavy (non-hydrogen) atoms. The second-order valence-corrected chi connectivity index (χ2v) is 8.95. The fraction of sp³-hybridized carbons (Fsp3) is 0.400. The molecular weight excluding hydrogens is 462 g/mol. The highest BCUT2D eigenvalue weighted by Gasteiger charge is 2.37. The number of aromatic nitrogens is 2. The highest BCUT2D eigenvalue weighted by molar-refractivity contribution is 5.83. The van der Waals surface area contributed by atoms with Crippen LogP contribution in [0.1, 0.15) is 29.8 Å². The molecular formula is C25H31N7O4+2. The predicted molar refractivity (Wildman–Crippen MR) is 134 cm³/mol. The van der Waals surface area contributed by atoms with Gasteiger partial charge >= 0.3 is 18.7 Å². The van der Waals surface area contributed by atoms with Gasteiger partial charge in [-0.3, -0.25) is 0 Å². The number of H-pyrrole nitrogens is 1. The Bertz CT molecular complexity index is 1290. The Labute approximate surface area is 209 Å². The minimum atomic E-state index is -0.294. The summed E-state index contributed by atoms with van der Waals surface area (Å²) in [4.78, 5) is 35.7. The number of piperidine rings is 1. The maximum Gasteiger partial charge on any atom is 0.492 e. The molecule has 3 heterocycles. The number of fused-ring (bicyclic) bond motifs is 1. The zero-order chi connectivity index (χ0) is 25.7. The van der Waals surface area contributed by atoms with Gasteiger partial charge < -0.3 is 19.6 Å². The van der Waals surface area contributed by atoms with Gasteiger partial charge in [-0.1, -0.05) is 10.0 Å². The fourth-order valence-corrected chi connectivity index (χ4v) is 4.38. The van der Waals surface area contributed by atoms with Crippen LogP contribution in [0.5, 0.6) is 5.75 Å². The van der Waals surface area contributed by atoms with Crippen molar-refractivity contribution in [3.05, 3.63) is 52.3 Å². The van der Waals surface area contributed by atoms with E-state index in [-0.39, 0.29) is 24.8 Å². The van der Waals surface area contributed by atoms with Crippen molar-refractivity contribution >= 4 is 29.7 Å². The van der Waals surface area contributed by atoms with Gasteiger partial charge in [-0.05, 0) is 37.5 Å². The zero-order valence-electron chi connectivity index (χ0n) is 20.6. The summed E-state index contributed by atoms with van der Waals surface area (Å²) in [5.41, 5.74) is 3.44. The minimum Gasteiger partial charge on any atom is -0.487 e. The van der Waals surface area contributed by atoms with E-state index in [1.54, 1.807) is 22.9 Å². The van der Waals surface area contributed by atoms with Gasteiger partial charge in [-0.15, -0.1) is 0 Å². The summed E-state index contributed by atoms with van der Waals surface area (Å²) in [5, 5.41) is 7.82. The van der Waals surface area contributed by atoms with Gasteiger partial charge in [0.05, 0.1) is 32.9 Å². The summed E-state index contributed by atoms with van der Waals surface area (Å²) < 4.78 is 12.0. The summed E-state index contributed by atoms with van der Waals surface area (Å²) in [6, 6.07) is 7.05. The third kappa shape index (κ3) is 5.66. The molecule has 1 atom stereocenters. The van der Waals surface area contributed by atoms with Crippen molar-refractivity contribution in [2.24, 2.45) is 0 Å². The SMILES string of the molecule is C#[N+]CN(C(=O)NCc1cc2cc(C)c(OCc3ccon3)cc2[nH]1)[C@@H]1CCCN(C(=O)[N+](=C)C)C1. The Morgan fingerprint density at radius 1 is 1.44 bits per heavy atom. The van der Waals surface area contributed by atoms with Crippen LogP contribution in [0.4, 0.5) is 9.59 Å². The molecule has 0 aliphatic carbocycles. The maximum atomic E-state index is 13.1. The second-order valence-electron chi connectivity index (χ2n) is 8.95. The molecule has 188 valence electrons. The summed E-state index contributed by atoms with van der Waals surface area (Å²) >= 11 is 0. The number of aryl methyl sites for hydroxylation is 1. The first-order valence-electron chi connectivity index (χ1n) is 11.7. The van der Waals surface area contributed by atoms with Crippen LogP contribution in [0.25, 0.3) is 15.7 Å². The number of rotatable bonds is 7. The van der Waals surface area contributed by atoms with E-state index < -0.39 is 0 Å². The third-order valence-electron chi connectivity index (χ3n) is 6.20. The van der Waals surface area contributed by atoms with Gasteiger partial charge in [0.15, 0.2) is 0 Å². The van der Waals surface area contributed by atoms with Gasteiger partial charge in [0.25, 0.3) is 6.57 Å². The van der Waals surface area contributed by atoms with Gasteiger partial charge in [-0.25, -0.2) is 19.2 Å². The van der Waals surface area contributed by atoms with Crippen molar-refractivity contribution < 1.29 is 23.4 Å². The monoisotopic (exact) mass is 493 g/mol. The molecule has 0 saturated carbocycles. The predicted octanol–water partition coefficient (Wildman–Crippen LogP) is 3.40. The molecule has 4 rings (SSSR count). The van der Waals surface area contributed by atoms with Gasteiger partial charge in [0, 0.05) is 28.7 Å². The van der Waals surface area contributed by atoms with E-state index >= 15 is 0 Å². The van der Waals surface area contributed by atoms with Crippen molar-refractivity contribution in [1.82, 2.24) is 25.3 Å². The van der Waals surface area contributed by atoms with Crippen LogP contribution >= 0.6 is 0 Å². The topological polar surface area (TPSA) is 111 Å². The quantitative estimate of drug-likeness (QED) is 0.387. The minimum absolute atomic E-state index is 0.0386. The Morgan fingerprint density at radius 2 is 2.28 bits per heavy atom. The van der Waals surface area contributed by atoms with Crippen LogP contribution in [-0.2, 0) is 13.2 Å². The number of urea groups is 2. The van der Waals surface area contributed by atoms with Gasteiger partial charge in [0.1, 0.15) is 30.9 Å². The van der Waals surface area contributed by atoms with E-state index in [1.165, 1.54) is 10.8 Å². The van der Waals surface area contributed by atoms with Crippen LogP contribution in [0.3, 0.4) is 0 Å². The van der Waals surface area contributed by atoms with Gasteiger partial charge in [-0.2, -0.15) is 4.79 Å². The van der Waals surface area contributed by atoms with E-state index in [4.69, 9.17) is 15.8 Å². The molecule has 1 fully saturated rings. The number of amides is 4. The summed E-state index contributed by atoms with van der Waals surface area (Å²) in [5.74, 6) is 0.739. The third-order valence-corrected chi connectivity index (χ3v) is 6.20. The number of aromatic amines is 1. The molecule has 1 aromatic carbocycles. The first-order chi connectivity index (χ1) is 17.4. The fourth-order valence-electron chi connectivity index (χ4n) is 4.38. The molecule has 1 saturated heterocycles. The molecule has 1 aliphatic rings. The molecule has 0 unspecified atom stereocenters. The van der Waals surface area contributed by atoms with Crippen molar-refractivity contribution in [2.75, 3.05) is 26.8 Å². The first kappa shape index (κ1) is 24.8. The Morgan fingerprint density at radius 3 is 3.00 bits per heavy atom. The van der Waals surface area contributed by atoms with Gasteiger partial charge in [0.2, 0.25) is 0 Å². The standard InChI is InChI=1S/C25H30N7O4/c1-17-10-18-11-20(28-22(18)12-23(17)35-15-19-7-9-36-29-19)13-27-24(33)32(16-26-2)21-6-5-8-31(14-21)25(34)30(3)4/h2,7,9-12,21,28H,3,5-6,8,13-16H2,1,4H3/q+1/p+1/t21-/m1/s1. The molecule has 2 aromatic heterocycles. The van der Waals surface area contributed by atoms with Crippen molar-refractivity contribution in [2.45, 2.75) is 39.0 Å². The normalized spacial score (nSPS) is 15.4. The molecule has 1 aliphatic heterocycles. The number of hydrogen-bond acceptors (Lipinski definition) is 5. The lowest BCUT2D eigenvalue weighted by Crippen LogP contribution is -2.54. The van der Waals surface area contributed by atoms with Crippen LogP contribution in [0.2, 0.25) is 0 Å². The van der Waals surface area contributed by atoms with E-state index in [1.807, 2.05) is 25.1 Å². The zero-order valence-corrected chi connectivity index (χ0v) is 20.6. The highest BCUT2D eigenvalue weighted by atomic mass is 16.5. The number of carbonyl (C=O) groups is 2. The molecule has 11 heteroatoms. The number of carbonyl (C=O) groups excluding carboxylic acids is 2. The number of hydrogen-bond donors (Lipinski definition) is 2. The molecule has 11 nitrogen and oxygen atoms in total. The van der Waals surface area contributed by atoms with Crippen LogP contribution in [-0.4, -0.2) is 76.1 Å². The molecule has 3 aromatic rings. The van der Waals surface area contributed by atoms with E-state index in [0.29, 0.717) is 31.9 Å². The maximum absolute atomic E-state index is 13.1. The van der Waals surface area contributed by atoms with E-state index in [9.17, 15) is 9.59 Å². The average Bonchev–Trinajstić information content (AvgIpc) is 3.53. The van der Waals surface area contributed by atoms with Crippen LogP contribution < -0.4 is 10.1 Å². The lowest BCUT2D eigenvalue weighted by atomic mass is 10.0. The smallest absolute Gasteiger partial charge is 0.487 e. The summed E-state index contributed by atoms with van der Waals surface area (Å²) in [6.45, 7) is 12.7. The summed E-state index contributed by atoms with van der Waals surface area (Å²) in [6.07, 6.45) is 3.05. The van der Waals surface area contributed by atoms with E-state index in [0.717, 1.165) is 40.8 Å². The Hall–Kier alpha value is -4.33. The second kappa shape index (κ2) is 10.9.